The first-order valence-corrected chi connectivity index (χ1v) is 4.60. The molecule has 0 amide bonds. The fourth-order valence-electron chi connectivity index (χ4n) is 1.39. The molecule has 1 fully saturated rings. The fraction of sp³-hybridized carbons (Fsp3) is 0.500. The molecule has 1 unspecified atom stereocenters. The smallest absolute Gasteiger partial charge is 0.145 e. The second kappa shape index (κ2) is 2.95. The number of aromatic nitrogens is 2. The maximum absolute atomic E-state index is 8.65. The van der Waals surface area contributed by atoms with E-state index in [1.165, 1.54) is 6.33 Å². The Labute approximate surface area is 83.0 Å². The molecule has 0 radical (unpaired) electrons. The van der Waals surface area contributed by atoms with E-state index in [9.17, 15) is 0 Å². The summed E-state index contributed by atoms with van der Waals surface area (Å²) >= 11 is 0. The van der Waals surface area contributed by atoms with Crippen LogP contribution in [0.1, 0.15) is 26.0 Å². The molecule has 0 spiro atoms. The molecule has 72 valence electrons. The summed E-state index contributed by atoms with van der Waals surface area (Å²) in [4.78, 5) is 7.87. The average molecular weight is 188 g/mol. The first-order valence-electron chi connectivity index (χ1n) is 4.60. The van der Waals surface area contributed by atoms with Crippen molar-refractivity contribution < 1.29 is 0 Å². The van der Waals surface area contributed by atoms with Crippen LogP contribution in [0.3, 0.4) is 0 Å². The van der Waals surface area contributed by atoms with Gasteiger partial charge in [-0.25, -0.2) is 9.97 Å². The van der Waals surface area contributed by atoms with Crippen LogP contribution in [-0.4, -0.2) is 16.0 Å². The number of hydrogen-bond donors (Lipinski definition) is 1. The topological polar surface area (TPSA) is 61.6 Å². The van der Waals surface area contributed by atoms with E-state index in [2.05, 4.69) is 29.1 Å². The number of hydrogen-bond acceptors (Lipinski definition) is 4. The standard InChI is InChI=1S/C10H12N4/c1-10(2)4-8(10)14-9-3-7(5-11)12-6-13-9/h3,6,8H,4H2,1-2H3,(H,12,13,14). The van der Waals surface area contributed by atoms with Crippen LogP contribution >= 0.6 is 0 Å². The first-order chi connectivity index (χ1) is 6.62. The summed E-state index contributed by atoms with van der Waals surface area (Å²) in [5.41, 5.74) is 0.763. The van der Waals surface area contributed by atoms with E-state index in [4.69, 9.17) is 5.26 Å². The van der Waals surface area contributed by atoms with Crippen molar-refractivity contribution in [2.45, 2.75) is 26.3 Å². The van der Waals surface area contributed by atoms with Gasteiger partial charge in [0, 0.05) is 12.1 Å². The van der Waals surface area contributed by atoms with Crippen molar-refractivity contribution in [3.8, 4) is 6.07 Å². The maximum atomic E-state index is 8.65. The van der Waals surface area contributed by atoms with Crippen LogP contribution in [-0.2, 0) is 0 Å². The number of anilines is 1. The van der Waals surface area contributed by atoms with Crippen LogP contribution in [0.2, 0.25) is 0 Å². The van der Waals surface area contributed by atoms with E-state index in [1.807, 2.05) is 6.07 Å². The summed E-state index contributed by atoms with van der Waals surface area (Å²) in [5, 5.41) is 11.9. The van der Waals surface area contributed by atoms with E-state index in [1.54, 1.807) is 6.07 Å². The van der Waals surface area contributed by atoms with E-state index < -0.39 is 0 Å². The zero-order chi connectivity index (χ0) is 10.2. The van der Waals surface area contributed by atoms with Gasteiger partial charge in [0.2, 0.25) is 0 Å². The molecule has 0 saturated heterocycles. The van der Waals surface area contributed by atoms with Gasteiger partial charge in [0.15, 0.2) is 0 Å². The van der Waals surface area contributed by atoms with Gasteiger partial charge >= 0.3 is 0 Å². The van der Waals surface area contributed by atoms with Crippen LogP contribution in [0.15, 0.2) is 12.4 Å². The third kappa shape index (κ3) is 1.67. The molecule has 1 aromatic heterocycles. The Balaban J connectivity index is 2.08. The zero-order valence-corrected chi connectivity index (χ0v) is 8.28. The highest BCUT2D eigenvalue weighted by atomic mass is 15.1. The number of rotatable bonds is 2. The molecule has 0 bridgehead atoms. The Morgan fingerprint density at radius 2 is 2.29 bits per heavy atom. The molecule has 0 aliphatic heterocycles. The minimum atomic E-state index is 0.359. The van der Waals surface area contributed by atoms with Crippen molar-refractivity contribution in [3.05, 3.63) is 18.1 Å². The van der Waals surface area contributed by atoms with Crippen molar-refractivity contribution in [2.24, 2.45) is 5.41 Å². The summed E-state index contributed by atoms with van der Waals surface area (Å²) in [5.74, 6) is 0.743. The largest absolute Gasteiger partial charge is 0.367 e. The normalized spacial score (nSPS) is 22.5. The minimum Gasteiger partial charge on any atom is -0.367 e. The summed E-state index contributed by atoms with van der Waals surface area (Å²) in [6, 6.07) is 4.14. The molecule has 1 aliphatic rings. The third-order valence-corrected chi connectivity index (χ3v) is 2.62. The molecule has 4 heteroatoms. The van der Waals surface area contributed by atoms with Gasteiger partial charge in [0.1, 0.15) is 23.9 Å². The molecule has 1 heterocycles. The highest BCUT2D eigenvalue weighted by Gasteiger charge is 2.45. The van der Waals surface area contributed by atoms with Crippen molar-refractivity contribution in [3.63, 3.8) is 0 Å². The molecule has 1 aliphatic carbocycles. The van der Waals surface area contributed by atoms with Crippen molar-refractivity contribution in [1.29, 1.82) is 5.26 Å². The summed E-state index contributed by atoms with van der Waals surface area (Å²) in [6.07, 6.45) is 2.56. The van der Waals surface area contributed by atoms with Crippen LogP contribution < -0.4 is 5.32 Å². The van der Waals surface area contributed by atoms with Gasteiger partial charge < -0.3 is 5.32 Å². The summed E-state index contributed by atoms with van der Waals surface area (Å²) in [7, 11) is 0. The SMILES string of the molecule is CC1(C)CC1Nc1cc(C#N)ncn1. The van der Waals surface area contributed by atoms with E-state index in [-0.39, 0.29) is 0 Å². The number of nitrogens with one attached hydrogen (secondary N) is 1. The van der Waals surface area contributed by atoms with Crippen LogP contribution in [0.25, 0.3) is 0 Å². The third-order valence-electron chi connectivity index (χ3n) is 2.62. The lowest BCUT2D eigenvalue weighted by molar-refractivity contribution is 0.630. The van der Waals surface area contributed by atoms with Gasteiger partial charge in [-0.05, 0) is 11.8 Å². The molecule has 4 nitrogen and oxygen atoms in total. The summed E-state index contributed by atoms with van der Waals surface area (Å²) in [6.45, 7) is 4.41. The highest BCUT2D eigenvalue weighted by Crippen LogP contribution is 2.46. The van der Waals surface area contributed by atoms with Crippen molar-refractivity contribution in [1.82, 2.24) is 9.97 Å². The molecular formula is C10H12N4. The maximum Gasteiger partial charge on any atom is 0.145 e. The Bertz CT molecular complexity index is 391. The molecule has 1 N–H and O–H groups in total. The Morgan fingerprint density at radius 3 is 2.86 bits per heavy atom. The van der Waals surface area contributed by atoms with Crippen LogP contribution in [0, 0.1) is 16.7 Å². The van der Waals surface area contributed by atoms with Crippen LogP contribution in [0.4, 0.5) is 5.82 Å². The monoisotopic (exact) mass is 188 g/mol. The van der Waals surface area contributed by atoms with Gasteiger partial charge in [-0.1, -0.05) is 13.8 Å². The van der Waals surface area contributed by atoms with Crippen molar-refractivity contribution in [2.75, 3.05) is 5.32 Å². The molecule has 1 atom stereocenters. The van der Waals surface area contributed by atoms with Gasteiger partial charge in [-0.15, -0.1) is 0 Å². The molecule has 1 aromatic rings. The second-order valence-corrected chi connectivity index (χ2v) is 4.29. The molecule has 14 heavy (non-hydrogen) atoms. The van der Waals surface area contributed by atoms with Crippen LogP contribution in [0.5, 0.6) is 0 Å². The molecule has 0 aromatic carbocycles. The molecule has 1 saturated carbocycles. The fourth-order valence-corrected chi connectivity index (χ4v) is 1.39. The highest BCUT2D eigenvalue weighted by molar-refractivity contribution is 5.41. The lowest BCUT2D eigenvalue weighted by Crippen LogP contribution is -2.09. The predicted molar refractivity (Wildman–Crippen MR) is 52.6 cm³/mol. The summed E-state index contributed by atoms with van der Waals surface area (Å²) < 4.78 is 0. The Hall–Kier alpha value is -1.63. The molecular weight excluding hydrogens is 176 g/mol. The number of nitriles is 1. The minimum absolute atomic E-state index is 0.359. The molecule has 2 rings (SSSR count). The lowest BCUT2D eigenvalue weighted by Gasteiger charge is -2.06. The Kier molecular flexibility index (Phi) is 1.88. The predicted octanol–water partition coefficient (Wildman–Crippen LogP) is 1.56. The van der Waals surface area contributed by atoms with Gasteiger partial charge in [-0.2, -0.15) is 5.26 Å². The second-order valence-electron chi connectivity index (χ2n) is 4.29. The van der Waals surface area contributed by atoms with E-state index in [0.717, 1.165) is 12.2 Å². The Morgan fingerprint density at radius 1 is 1.57 bits per heavy atom. The van der Waals surface area contributed by atoms with Gasteiger partial charge in [0.25, 0.3) is 0 Å². The average Bonchev–Trinajstić information content (AvgIpc) is 2.74. The number of nitrogens with zero attached hydrogens (tertiary/aromatic N) is 3. The van der Waals surface area contributed by atoms with E-state index in [0.29, 0.717) is 17.2 Å². The quantitative estimate of drug-likeness (QED) is 0.765. The first kappa shape index (κ1) is 8.95. The van der Waals surface area contributed by atoms with Gasteiger partial charge in [-0.3, -0.25) is 0 Å². The zero-order valence-electron chi connectivity index (χ0n) is 8.28. The lowest BCUT2D eigenvalue weighted by atomic mass is 10.2. The van der Waals surface area contributed by atoms with Crippen molar-refractivity contribution >= 4 is 5.82 Å². The van der Waals surface area contributed by atoms with E-state index >= 15 is 0 Å². The van der Waals surface area contributed by atoms with Gasteiger partial charge in [0.05, 0.1) is 0 Å².